The van der Waals surface area contributed by atoms with E-state index in [-0.39, 0.29) is 17.7 Å². The van der Waals surface area contributed by atoms with Gasteiger partial charge in [-0.2, -0.15) is 0 Å². The van der Waals surface area contributed by atoms with Crippen LogP contribution in [0.3, 0.4) is 0 Å². The molecule has 3 nitrogen and oxygen atoms in total. The van der Waals surface area contributed by atoms with Gasteiger partial charge in [-0.1, -0.05) is 37.8 Å². The van der Waals surface area contributed by atoms with Crippen LogP contribution in [0.15, 0.2) is 59.8 Å². The number of nitrogens with one attached hydrogen (secondary N) is 1. The summed E-state index contributed by atoms with van der Waals surface area (Å²) in [6, 6.07) is 7.47. The normalized spacial score (nSPS) is 16.9. The smallest absolute Gasteiger partial charge is 0.126 e. The monoisotopic (exact) mass is 437 g/mol. The Balaban J connectivity index is 0.000000329. The highest BCUT2D eigenvalue weighted by Gasteiger charge is 2.20. The second kappa shape index (κ2) is 15.3. The molecule has 2 unspecified atom stereocenters. The molecule has 0 bridgehead atoms. The Morgan fingerprint density at radius 1 is 1.30 bits per heavy atom. The van der Waals surface area contributed by atoms with Crippen molar-refractivity contribution < 1.29 is 8.78 Å². The number of likely N-dealkylation sites (tertiary alicyclic amines) is 1. The molecule has 168 valence electrons. The average molecular weight is 438 g/mol. The second-order valence-corrected chi connectivity index (χ2v) is 8.47. The van der Waals surface area contributed by atoms with E-state index in [1.807, 2.05) is 19.1 Å². The molecule has 0 saturated carbocycles. The number of rotatable bonds is 10. The van der Waals surface area contributed by atoms with Crippen molar-refractivity contribution >= 4 is 11.9 Å². The topological polar surface area (TPSA) is 41.3 Å². The third-order valence-corrected chi connectivity index (χ3v) is 5.73. The van der Waals surface area contributed by atoms with Gasteiger partial charge in [-0.25, -0.2) is 8.78 Å². The molecule has 1 aromatic carbocycles. The molecule has 2 atom stereocenters. The van der Waals surface area contributed by atoms with Gasteiger partial charge in [-0.3, -0.25) is 4.72 Å². The molecule has 0 amide bonds. The van der Waals surface area contributed by atoms with Crippen molar-refractivity contribution in [3.05, 3.63) is 71.2 Å². The highest BCUT2D eigenvalue weighted by molar-refractivity contribution is 8.01. The Hall–Kier alpha value is -1.47. The van der Waals surface area contributed by atoms with E-state index in [0.717, 1.165) is 23.4 Å². The zero-order valence-corrected chi connectivity index (χ0v) is 19.4. The van der Waals surface area contributed by atoms with Crippen molar-refractivity contribution in [2.45, 2.75) is 58.5 Å². The summed E-state index contributed by atoms with van der Waals surface area (Å²) in [5.74, 6) is -0.380. The molecule has 3 N–H and O–H groups in total. The Morgan fingerprint density at radius 3 is 2.57 bits per heavy atom. The lowest BCUT2D eigenvalue weighted by molar-refractivity contribution is 0.235. The first-order valence-electron chi connectivity index (χ1n) is 10.7. The summed E-state index contributed by atoms with van der Waals surface area (Å²) in [6.07, 6.45) is 8.61. The van der Waals surface area contributed by atoms with Crippen LogP contribution in [0.4, 0.5) is 8.78 Å². The fourth-order valence-electron chi connectivity index (χ4n) is 3.27. The van der Waals surface area contributed by atoms with Crippen molar-refractivity contribution in [3.63, 3.8) is 0 Å². The van der Waals surface area contributed by atoms with E-state index >= 15 is 0 Å². The molecule has 0 aliphatic carbocycles. The lowest BCUT2D eigenvalue weighted by atomic mass is 10.00. The van der Waals surface area contributed by atoms with Gasteiger partial charge in [-0.15, -0.1) is 0 Å². The molecule has 0 aromatic heterocycles. The van der Waals surface area contributed by atoms with Crippen LogP contribution in [-0.2, 0) is 6.42 Å². The van der Waals surface area contributed by atoms with E-state index in [0.29, 0.717) is 12.5 Å². The van der Waals surface area contributed by atoms with Crippen molar-refractivity contribution in [1.82, 2.24) is 9.62 Å². The molecule has 0 radical (unpaired) electrons. The summed E-state index contributed by atoms with van der Waals surface area (Å²) in [5.41, 5.74) is 6.88. The highest BCUT2D eigenvalue weighted by Crippen LogP contribution is 2.17. The molecule has 1 aromatic rings. The zero-order valence-electron chi connectivity index (χ0n) is 18.5. The number of hydrogen-bond donors (Lipinski definition) is 2. The predicted molar refractivity (Wildman–Crippen MR) is 127 cm³/mol. The van der Waals surface area contributed by atoms with Gasteiger partial charge in [0.05, 0.1) is 0 Å². The van der Waals surface area contributed by atoms with E-state index in [1.54, 1.807) is 19.1 Å². The van der Waals surface area contributed by atoms with Crippen molar-refractivity contribution in [3.8, 4) is 0 Å². The van der Waals surface area contributed by atoms with E-state index in [4.69, 9.17) is 5.73 Å². The number of nitrogens with two attached hydrogens (primary N) is 1. The van der Waals surface area contributed by atoms with Gasteiger partial charge in [0.25, 0.3) is 0 Å². The summed E-state index contributed by atoms with van der Waals surface area (Å²) >= 11 is 1.40. The van der Waals surface area contributed by atoms with Crippen molar-refractivity contribution in [2.24, 2.45) is 5.73 Å². The van der Waals surface area contributed by atoms with Crippen LogP contribution >= 0.6 is 11.9 Å². The Labute approximate surface area is 185 Å². The first-order chi connectivity index (χ1) is 14.4. The second-order valence-electron chi connectivity index (χ2n) is 7.46. The Bertz CT molecular complexity index is 685. The first kappa shape index (κ1) is 26.6. The molecular weight excluding hydrogens is 400 g/mol. The maximum Gasteiger partial charge on any atom is 0.126 e. The summed E-state index contributed by atoms with van der Waals surface area (Å²) in [5, 5.41) is 0. The Morgan fingerprint density at radius 2 is 1.97 bits per heavy atom. The van der Waals surface area contributed by atoms with Crippen LogP contribution in [-0.4, -0.2) is 36.6 Å². The quantitative estimate of drug-likeness (QED) is 0.361. The number of hydrogen-bond acceptors (Lipinski definition) is 4. The van der Waals surface area contributed by atoms with Crippen molar-refractivity contribution in [2.75, 3.05) is 19.6 Å². The third-order valence-electron chi connectivity index (χ3n) is 4.90. The fraction of sp³-hybridized carbons (Fsp3) is 0.500. The number of benzene rings is 1. The lowest BCUT2D eigenvalue weighted by Crippen LogP contribution is -2.37. The molecule has 0 spiro atoms. The van der Waals surface area contributed by atoms with Crippen LogP contribution in [0.5, 0.6) is 0 Å². The molecule has 1 heterocycles. The van der Waals surface area contributed by atoms with Gasteiger partial charge < -0.3 is 10.6 Å². The minimum Gasteiger partial charge on any atom is -0.327 e. The SMILES string of the molecule is C=C(/C=C\C(F)=C/C)SNCC.CC(CC(N)Cc1ccccc1F)N1CCCC1. The maximum absolute atomic E-state index is 13.5. The lowest BCUT2D eigenvalue weighted by Gasteiger charge is -2.26. The van der Waals surface area contributed by atoms with Crippen LogP contribution in [0.25, 0.3) is 0 Å². The van der Waals surface area contributed by atoms with E-state index in [2.05, 4.69) is 23.1 Å². The maximum atomic E-state index is 13.5. The number of allylic oxidation sites excluding steroid dienone is 4. The highest BCUT2D eigenvalue weighted by atomic mass is 32.2. The zero-order chi connectivity index (χ0) is 22.4. The average Bonchev–Trinajstić information content (AvgIpc) is 3.27. The van der Waals surface area contributed by atoms with E-state index in [9.17, 15) is 8.78 Å². The number of halogens is 2. The summed E-state index contributed by atoms with van der Waals surface area (Å²) in [4.78, 5) is 3.29. The standard InChI is InChI=1S/C15H23FN2.C9H14FNS/c1-12(18-8-4-5-9-18)10-14(17)11-13-6-2-3-7-15(13)16;1-4-9(10)7-6-8(3)12-11-5-2/h2-3,6-7,12,14H,4-5,8-11,17H2,1H3;4,6-7,11H,3,5H2,1-2H3/b;7-6-,9-4+. The van der Waals surface area contributed by atoms with Crippen LogP contribution in [0.1, 0.15) is 45.6 Å². The summed E-state index contributed by atoms with van der Waals surface area (Å²) in [7, 11) is 0. The molecular formula is C24H37F2N3S. The van der Waals surface area contributed by atoms with Gasteiger partial charge in [-0.05, 0) is 88.4 Å². The van der Waals surface area contributed by atoms with Crippen LogP contribution in [0.2, 0.25) is 0 Å². The molecule has 1 aliphatic rings. The van der Waals surface area contributed by atoms with Gasteiger partial charge in [0.1, 0.15) is 11.6 Å². The summed E-state index contributed by atoms with van der Waals surface area (Å²) in [6.45, 7) is 12.8. The molecule has 2 rings (SSSR count). The minimum atomic E-state index is -0.242. The molecule has 1 saturated heterocycles. The predicted octanol–water partition coefficient (Wildman–Crippen LogP) is 5.76. The van der Waals surface area contributed by atoms with E-state index in [1.165, 1.54) is 56.1 Å². The van der Waals surface area contributed by atoms with Gasteiger partial charge in [0.2, 0.25) is 0 Å². The molecule has 1 fully saturated rings. The molecule has 30 heavy (non-hydrogen) atoms. The summed E-state index contributed by atoms with van der Waals surface area (Å²) < 4.78 is 29.1. The van der Waals surface area contributed by atoms with Gasteiger partial charge in [0.15, 0.2) is 0 Å². The van der Waals surface area contributed by atoms with Crippen molar-refractivity contribution in [1.29, 1.82) is 0 Å². The molecule has 1 aliphatic heterocycles. The minimum absolute atomic E-state index is 0.0394. The largest absolute Gasteiger partial charge is 0.327 e. The van der Waals surface area contributed by atoms with Crippen LogP contribution < -0.4 is 10.5 Å². The molecule has 6 heteroatoms. The van der Waals surface area contributed by atoms with Crippen LogP contribution in [0, 0.1) is 5.82 Å². The number of nitrogens with zero attached hydrogens (tertiary/aromatic N) is 1. The third kappa shape index (κ3) is 11.1. The fourth-order valence-corrected chi connectivity index (χ4v) is 3.73. The van der Waals surface area contributed by atoms with Gasteiger partial charge in [0, 0.05) is 23.5 Å². The van der Waals surface area contributed by atoms with Gasteiger partial charge >= 0.3 is 0 Å². The Kier molecular flexibility index (Phi) is 13.6. The first-order valence-corrected chi connectivity index (χ1v) is 11.5. The van der Waals surface area contributed by atoms with E-state index < -0.39 is 0 Å².